The van der Waals surface area contributed by atoms with Gasteiger partial charge in [0.25, 0.3) is 0 Å². The van der Waals surface area contributed by atoms with Gasteiger partial charge >= 0.3 is 5.97 Å². The van der Waals surface area contributed by atoms with Gasteiger partial charge in [-0.25, -0.2) is 0 Å². The zero-order valence-electron chi connectivity index (χ0n) is 11.6. The predicted molar refractivity (Wildman–Crippen MR) is 86.3 cm³/mol. The van der Waals surface area contributed by atoms with Crippen LogP contribution in [0, 0.1) is 0 Å². The highest BCUT2D eigenvalue weighted by atomic mass is 79.9. The van der Waals surface area contributed by atoms with Crippen LogP contribution in [0.1, 0.15) is 18.5 Å². The fourth-order valence-corrected chi connectivity index (χ4v) is 2.29. The number of benzene rings is 1. The number of pyridine rings is 1. The van der Waals surface area contributed by atoms with E-state index in [9.17, 15) is 4.79 Å². The average molecular weight is 349 g/mol. The largest absolute Gasteiger partial charge is 0.481 e. The second kappa shape index (κ2) is 7.78. The van der Waals surface area contributed by atoms with Crippen molar-refractivity contribution in [2.45, 2.75) is 19.4 Å². The number of aromatic nitrogens is 1. The van der Waals surface area contributed by atoms with Gasteiger partial charge < -0.3 is 10.0 Å². The monoisotopic (exact) mass is 348 g/mol. The van der Waals surface area contributed by atoms with Gasteiger partial charge in [-0.15, -0.1) is 0 Å². The van der Waals surface area contributed by atoms with Gasteiger partial charge in [-0.3, -0.25) is 9.78 Å². The molecule has 0 amide bonds. The number of para-hydroxylation sites is 1. The van der Waals surface area contributed by atoms with E-state index in [0.717, 1.165) is 15.9 Å². The van der Waals surface area contributed by atoms with Crippen molar-refractivity contribution >= 4 is 27.6 Å². The first-order chi connectivity index (χ1) is 10.1. The molecule has 0 saturated carbocycles. The third-order valence-electron chi connectivity index (χ3n) is 3.08. The van der Waals surface area contributed by atoms with Crippen LogP contribution in [0.15, 0.2) is 53.1 Å². The number of carboxylic acids is 1. The van der Waals surface area contributed by atoms with Crippen molar-refractivity contribution in [2.24, 2.45) is 0 Å². The summed E-state index contributed by atoms with van der Waals surface area (Å²) in [6.45, 7) is 1.35. The summed E-state index contributed by atoms with van der Waals surface area (Å²) in [6.07, 6.45) is 2.56. The molecular formula is C16H17BrN2O2. The van der Waals surface area contributed by atoms with Crippen LogP contribution in [0.2, 0.25) is 0 Å². The number of halogens is 1. The minimum Gasteiger partial charge on any atom is -0.481 e. The second-order valence-electron chi connectivity index (χ2n) is 4.72. The lowest BCUT2D eigenvalue weighted by Crippen LogP contribution is -2.24. The zero-order chi connectivity index (χ0) is 15.1. The molecule has 0 bridgehead atoms. The number of carboxylic acid groups (broad SMARTS) is 1. The lowest BCUT2D eigenvalue weighted by atomic mass is 10.2. The Morgan fingerprint density at radius 1 is 1.19 bits per heavy atom. The van der Waals surface area contributed by atoms with E-state index >= 15 is 0 Å². The normalized spacial score (nSPS) is 10.3. The summed E-state index contributed by atoms with van der Waals surface area (Å²) in [6, 6.07) is 13.9. The Morgan fingerprint density at radius 2 is 1.95 bits per heavy atom. The molecule has 1 N–H and O–H groups in total. The van der Waals surface area contributed by atoms with Crippen LogP contribution in [0.25, 0.3) is 0 Å². The maximum absolute atomic E-state index is 10.7. The first-order valence-electron chi connectivity index (χ1n) is 6.77. The molecule has 1 heterocycles. The minimum atomic E-state index is -0.759. The number of rotatable bonds is 7. The van der Waals surface area contributed by atoms with Crippen molar-refractivity contribution in [3.63, 3.8) is 0 Å². The highest BCUT2D eigenvalue weighted by Crippen LogP contribution is 2.17. The summed E-state index contributed by atoms with van der Waals surface area (Å²) in [7, 11) is 0. The van der Waals surface area contributed by atoms with E-state index in [1.807, 2.05) is 42.5 Å². The van der Waals surface area contributed by atoms with Crippen LogP contribution < -0.4 is 4.90 Å². The topological polar surface area (TPSA) is 53.4 Å². The summed E-state index contributed by atoms with van der Waals surface area (Å²) >= 11 is 3.37. The standard InChI is InChI=1S/C16H17BrN2O2/c17-13-8-9-14(18-11-13)12-19(10-4-7-16(20)21)15-5-2-1-3-6-15/h1-3,5-6,8-9,11H,4,7,10,12H2,(H,20,21). The van der Waals surface area contributed by atoms with E-state index < -0.39 is 5.97 Å². The van der Waals surface area contributed by atoms with Crippen LogP contribution in [0.5, 0.6) is 0 Å². The summed E-state index contributed by atoms with van der Waals surface area (Å²) < 4.78 is 0.948. The predicted octanol–water partition coefficient (Wildman–Crippen LogP) is 3.72. The smallest absolute Gasteiger partial charge is 0.303 e. The number of hydrogen-bond donors (Lipinski definition) is 1. The lowest BCUT2D eigenvalue weighted by Gasteiger charge is -2.24. The van der Waals surface area contributed by atoms with Gasteiger partial charge in [0.1, 0.15) is 0 Å². The third kappa shape index (κ3) is 5.19. The van der Waals surface area contributed by atoms with Crippen molar-refractivity contribution in [3.05, 3.63) is 58.8 Å². The highest BCUT2D eigenvalue weighted by Gasteiger charge is 2.09. The first kappa shape index (κ1) is 15.5. The molecular weight excluding hydrogens is 332 g/mol. The Morgan fingerprint density at radius 3 is 2.57 bits per heavy atom. The van der Waals surface area contributed by atoms with Gasteiger partial charge in [0, 0.05) is 29.3 Å². The van der Waals surface area contributed by atoms with Crippen LogP contribution >= 0.6 is 15.9 Å². The van der Waals surface area contributed by atoms with Gasteiger partial charge in [0.15, 0.2) is 0 Å². The van der Waals surface area contributed by atoms with E-state index in [4.69, 9.17) is 5.11 Å². The highest BCUT2D eigenvalue weighted by molar-refractivity contribution is 9.10. The zero-order valence-corrected chi connectivity index (χ0v) is 13.2. The number of anilines is 1. The molecule has 0 saturated heterocycles. The Bertz CT molecular complexity index is 573. The number of nitrogens with zero attached hydrogens (tertiary/aromatic N) is 2. The molecule has 4 nitrogen and oxygen atoms in total. The van der Waals surface area contributed by atoms with E-state index in [-0.39, 0.29) is 6.42 Å². The molecule has 0 spiro atoms. The average Bonchev–Trinajstić information content (AvgIpc) is 2.49. The molecule has 2 rings (SSSR count). The van der Waals surface area contributed by atoms with Gasteiger partial charge in [0.2, 0.25) is 0 Å². The van der Waals surface area contributed by atoms with E-state index in [2.05, 4.69) is 25.8 Å². The summed E-state index contributed by atoms with van der Waals surface area (Å²) in [5.74, 6) is -0.759. The Balaban J connectivity index is 2.07. The summed E-state index contributed by atoms with van der Waals surface area (Å²) in [5, 5.41) is 8.78. The second-order valence-corrected chi connectivity index (χ2v) is 5.64. The molecule has 0 aliphatic heterocycles. The van der Waals surface area contributed by atoms with E-state index in [1.54, 1.807) is 6.20 Å². The van der Waals surface area contributed by atoms with Crippen molar-refractivity contribution in [1.29, 1.82) is 0 Å². The molecule has 0 atom stereocenters. The van der Waals surface area contributed by atoms with Crippen LogP contribution in [-0.2, 0) is 11.3 Å². The number of carbonyl (C=O) groups is 1. The van der Waals surface area contributed by atoms with E-state index in [1.165, 1.54) is 0 Å². The molecule has 0 fully saturated rings. The lowest BCUT2D eigenvalue weighted by molar-refractivity contribution is -0.137. The van der Waals surface area contributed by atoms with Gasteiger partial charge in [-0.2, -0.15) is 0 Å². The van der Waals surface area contributed by atoms with Crippen LogP contribution in [0.3, 0.4) is 0 Å². The fraction of sp³-hybridized carbons (Fsp3) is 0.250. The summed E-state index contributed by atoms with van der Waals surface area (Å²) in [5.41, 5.74) is 2.03. The Labute approximate surface area is 132 Å². The van der Waals surface area contributed by atoms with E-state index in [0.29, 0.717) is 19.5 Å². The SMILES string of the molecule is O=C(O)CCCN(Cc1ccc(Br)cn1)c1ccccc1. The molecule has 1 aromatic carbocycles. The molecule has 21 heavy (non-hydrogen) atoms. The molecule has 5 heteroatoms. The fourth-order valence-electron chi connectivity index (χ4n) is 2.05. The Hall–Kier alpha value is -1.88. The van der Waals surface area contributed by atoms with Crippen molar-refractivity contribution in [3.8, 4) is 0 Å². The molecule has 2 aromatic rings. The van der Waals surface area contributed by atoms with Gasteiger partial charge in [0.05, 0.1) is 12.2 Å². The van der Waals surface area contributed by atoms with Gasteiger partial charge in [-0.05, 0) is 46.6 Å². The maximum atomic E-state index is 10.7. The molecule has 0 aliphatic rings. The van der Waals surface area contributed by atoms with Crippen molar-refractivity contribution in [2.75, 3.05) is 11.4 Å². The molecule has 110 valence electrons. The number of aliphatic carboxylic acids is 1. The maximum Gasteiger partial charge on any atom is 0.303 e. The Kier molecular flexibility index (Phi) is 5.75. The summed E-state index contributed by atoms with van der Waals surface area (Å²) in [4.78, 5) is 17.2. The molecule has 0 aliphatic carbocycles. The van der Waals surface area contributed by atoms with Crippen molar-refractivity contribution in [1.82, 2.24) is 4.98 Å². The minimum absolute atomic E-state index is 0.178. The van der Waals surface area contributed by atoms with Gasteiger partial charge in [-0.1, -0.05) is 18.2 Å². The van der Waals surface area contributed by atoms with Crippen molar-refractivity contribution < 1.29 is 9.90 Å². The quantitative estimate of drug-likeness (QED) is 0.828. The molecule has 1 aromatic heterocycles. The van der Waals surface area contributed by atoms with Crippen LogP contribution in [0.4, 0.5) is 5.69 Å². The first-order valence-corrected chi connectivity index (χ1v) is 7.56. The molecule has 0 unspecified atom stereocenters. The molecule has 0 radical (unpaired) electrons. The third-order valence-corrected chi connectivity index (χ3v) is 3.55. The van der Waals surface area contributed by atoms with Crippen LogP contribution in [-0.4, -0.2) is 22.6 Å². The number of hydrogen-bond acceptors (Lipinski definition) is 3.